The van der Waals surface area contributed by atoms with Crippen LogP contribution in [-0.4, -0.2) is 97.1 Å². The molecule has 31 nitrogen and oxygen atoms in total. The minimum atomic E-state index is -5.36. The Morgan fingerprint density at radius 1 is 0.567 bits per heavy atom. The van der Waals surface area contributed by atoms with Crippen molar-refractivity contribution in [3.8, 4) is 29.3 Å². The van der Waals surface area contributed by atoms with Crippen LogP contribution in [0.4, 0.5) is 55.9 Å². The number of pyridine rings is 1. The molecule has 0 saturated carbocycles. The Labute approximate surface area is 626 Å². The summed E-state index contributed by atoms with van der Waals surface area (Å²) in [5, 5.41) is 54.3. The molecule has 0 aliphatic carbocycles. The maximum absolute atomic E-state index is 12.1. The summed E-state index contributed by atoms with van der Waals surface area (Å²) in [6.07, 6.45) is 0. The van der Waals surface area contributed by atoms with Crippen molar-refractivity contribution in [2.45, 2.75) is 26.5 Å². The molecule has 0 amide bonds. The van der Waals surface area contributed by atoms with Gasteiger partial charge < -0.3 is 38.4 Å². The van der Waals surface area contributed by atoms with Crippen molar-refractivity contribution in [3.05, 3.63) is 154 Å². The fraction of sp³-hybridized carbons (Fsp3) is 0.0625. The number of nitrogens with one attached hydrogen (secondary N) is 5. The molecule has 434 valence electrons. The first-order valence-corrected chi connectivity index (χ1v) is 31.2. The van der Waals surface area contributed by atoms with Crippen LogP contribution >= 0.6 is 11.3 Å². The molecular weight excluding hydrogens is 1350 g/mol. The molecule has 8 rings (SSSR count). The van der Waals surface area contributed by atoms with Crippen molar-refractivity contribution in [2.24, 2.45) is 35.4 Å². The van der Waals surface area contributed by atoms with Crippen LogP contribution in [0.3, 0.4) is 0 Å². The maximum atomic E-state index is 12.1. The third kappa shape index (κ3) is 20.8. The van der Waals surface area contributed by atoms with Crippen LogP contribution < -0.4 is 175 Å². The summed E-state index contributed by atoms with van der Waals surface area (Å²) in [6, 6.07) is 28.8. The number of nitriles is 3. The molecule has 0 atom stereocenters. The fourth-order valence-corrected chi connectivity index (χ4v) is 10.6. The molecule has 42 heteroatoms. The van der Waals surface area contributed by atoms with Crippen molar-refractivity contribution in [2.75, 3.05) is 22.9 Å². The predicted molar refractivity (Wildman–Crippen MR) is 290 cm³/mol. The molecule has 0 bridgehead atoms. The smallest absolute Gasteiger partial charge is 0.748 e. The number of azo groups is 2. The fourth-order valence-electron chi connectivity index (χ4n) is 7.39. The van der Waals surface area contributed by atoms with Gasteiger partial charge in [-0.3, -0.25) is 9.97 Å². The van der Waals surface area contributed by atoms with Gasteiger partial charge in [-0.1, -0.05) is 35.6 Å². The van der Waals surface area contributed by atoms with Gasteiger partial charge in [-0.2, -0.15) is 20.8 Å². The molecule has 0 fully saturated rings. The molecule has 90 heavy (non-hydrogen) atoms. The summed E-state index contributed by atoms with van der Waals surface area (Å²) < 4.78 is 176. The summed E-state index contributed by atoms with van der Waals surface area (Å²) in [5.41, 5.74) is -1.10. The van der Waals surface area contributed by atoms with Crippen molar-refractivity contribution in [1.82, 2.24) is 19.9 Å². The van der Waals surface area contributed by atoms with Crippen LogP contribution in [0, 0.1) is 40.9 Å². The molecule has 3 aromatic heterocycles. The normalized spacial score (nSPS) is 12.3. The minimum Gasteiger partial charge on any atom is -0.748 e. The van der Waals surface area contributed by atoms with Crippen LogP contribution in [-0.2, 0) is 50.6 Å². The van der Waals surface area contributed by atoms with E-state index in [0.717, 1.165) is 35.6 Å². The van der Waals surface area contributed by atoms with Gasteiger partial charge in [0.15, 0.2) is 10.5 Å². The molecular formula is C48H31N16Na5O15S6. The number of benzene rings is 5. The second-order valence-corrected chi connectivity index (χ2v) is 24.9. The average Bonchev–Trinajstić information content (AvgIpc) is 1.40. The van der Waals surface area contributed by atoms with E-state index < -0.39 is 99.4 Å². The van der Waals surface area contributed by atoms with Gasteiger partial charge in [0, 0.05) is 22.5 Å². The number of anilines is 4. The molecule has 0 aliphatic heterocycles. The Bertz CT molecular complexity index is 5050. The molecule has 8 aromatic rings. The summed E-state index contributed by atoms with van der Waals surface area (Å²) in [4.78, 5) is 21.5. The van der Waals surface area contributed by atoms with Gasteiger partial charge in [-0.25, -0.2) is 57.1 Å². The average molecular weight is 1380 g/mol. The van der Waals surface area contributed by atoms with Crippen LogP contribution in [0.15, 0.2) is 170 Å². The molecule has 5 N–H and O–H groups in total. The number of aromatic nitrogens is 4. The van der Waals surface area contributed by atoms with Crippen LogP contribution in [0.2, 0.25) is 0 Å². The van der Waals surface area contributed by atoms with Crippen LogP contribution in [0.5, 0.6) is 0 Å². The molecule has 0 unspecified atom stereocenters. The second kappa shape index (κ2) is 33.3. The van der Waals surface area contributed by atoms with Crippen LogP contribution in [0.1, 0.15) is 22.3 Å². The molecule has 0 spiro atoms. The zero-order chi connectivity index (χ0) is 61.6. The number of nitrogens with zero attached hydrogens (tertiary/aromatic N) is 11. The van der Waals surface area contributed by atoms with E-state index in [4.69, 9.17) is 0 Å². The predicted octanol–water partition coefficient (Wildman–Crippen LogP) is -9.42. The van der Waals surface area contributed by atoms with Gasteiger partial charge in [-0.15, -0.1) is 20.5 Å². The van der Waals surface area contributed by atoms with Gasteiger partial charge in [0.05, 0.1) is 64.5 Å². The van der Waals surface area contributed by atoms with E-state index in [0.29, 0.717) is 18.2 Å². The second-order valence-electron chi connectivity index (χ2n) is 17.0. The minimum absolute atomic E-state index is 0. The van der Waals surface area contributed by atoms with Crippen molar-refractivity contribution >= 4 is 118 Å². The summed E-state index contributed by atoms with van der Waals surface area (Å²) >= 11 is 0.802. The third-order valence-electron chi connectivity index (χ3n) is 11.3. The van der Waals surface area contributed by atoms with Gasteiger partial charge in [-0.05, 0) is 103 Å². The number of hydrogen-bond acceptors (Lipinski definition) is 29. The third-order valence-corrected chi connectivity index (χ3v) is 16.3. The monoisotopic (exact) mass is 1380 g/mol. The topological polar surface area (TPSA) is 528 Å². The maximum Gasteiger partial charge on any atom is 1.00 e. The Hall–Kier alpha value is -4.82. The van der Waals surface area contributed by atoms with E-state index in [2.05, 4.69) is 72.1 Å². The molecule has 0 saturated heterocycles. The quantitative estimate of drug-likeness (QED) is 0.0302. The van der Waals surface area contributed by atoms with Gasteiger partial charge >= 0.3 is 148 Å². The van der Waals surface area contributed by atoms with Gasteiger partial charge in [0.2, 0.25) is 17.2 Å². The summed E-state index contributed by atoms with van der Waals surface area (Å²) in [5.74, 6) is -1.32. The first-order chi connectivity index (χ1) is 40.0. The van der Waals surface area contributed by atoms with E-state index >= 15 is 0 Å². The summed E-state index contributed by atoms with van der Waals surface area (Å²) in [7, 11) is -25.1. The number of rotatable bonds is 18. The zero-order valence-corrected chi connectivity index (χ0v) is 62.3. The van der Waals surface area contributed by atoms with E-state index in [1.807, 2.05) is 12.1 Å². The van der Waals surface area contributed by atoms with Crippen molar-refractivity contribution in [3.63, 3.8) is 0 Å². The van der Waals surface area contributed by atoms with Crippen LogP contribution in [0.25, 0.3) is 11.1 Å². The summed E-state index contributed by atoms with van der Waals surface area (Å²) in [6.45, 7) is 0.808. The number of aromatic amines is 3. The Morgan fingerprint density at radius 3 is 1.69 bits per heavy atom. The molecule has 5 aromatic carbocycles. The molecule has 0 radical (unpaired) electrons. The van der Waals surface area contributed by atoms with Crippen molar-refractivity contribution < 1.29 is 213 Å². The van der Waals surface area contributed by atoms with Gasteiger partial charge in [0.25, 0.3) is 0 Å². The largest absolute Gasteiger partial charge is 1.00 e. The molecule has 3 heterocycles. The first-order valence-electron chi connectivity index (χ1n) is 23.1. The Kier molecular flexibility index (Phi) is 29.4. The van der Waals surface area contributed by atoms with E-state index in [1.165, 1.54) is 67.6 Å². The number of H-pyrrole nitrogens is 3. The standard InChI is InChI=1S/C48H36N16O15S6.5Na/c1-26-35(24-50)42(53-29-10-14-32(15-11-29)82(68,69)70)57-43(54-30-12-16-33(17-13-30)83(71,72)73)41(26)62-63-44-36(25-51)40(45(80-44)64-61-37-5-3-2-4-28(37)23-49)27-6-8-31(9-7-27)55-47-58-46(52-20-21-81(65,66)67)59-48(60-47)56-38-22-34(84(74,75)76)18-19-39(38)85(77,78)79;;;;;/h2-19,22H,20-21H2,1H3,(H2,53,54,57)(H,65,66,67)(H,68,69,70)(H,71,72,73)(H,74,75,76)(H,77,78,79)(H3,52,55,56,58,59,60);;;;;/q;5*+1/p-5. The SMILES string of the molecule is Cc1c(C#N)c(Nc2ccc(S(=O)(=O)[O-])cc2)[nH]c(=Nc2ccc(S(=O)(=O)[O-])cc2)c1N=Nc1sc(N=Nc2ccccc2C#N)c(-c2ccc(Nc3nc(=NCCS(=O)(=O)[O-])[nH]c(=Nc4cc(S(=O)(=O)[O-])ccc4S(=O)(=O)[O-])[nH]3)cc2)c1C#N.[Na+].[Na+].[Na+].[Na+].[Na+]. The Morgan fingerprint density at radius 2 is 1.12 bits per heavy atom. The number of hydrogen-bond donors (Lipinski definition) is 5. The van der Waals surface area contributed by atoms with E-state index in [-0.39, 0.29) is 237 Å². The first kappa shape index (κ1) is 79.4. The Balaban J connectivity index is 0.00000423. The van der Waals surface area contributed by atoms with E-state index in [9.17, 15) is 80.6 Å². The number of thiophene rings is 1. The molecule has 0 aliphatic rings. The van der Waals surface area contributed by atoms with E-state index in [1.54, 1.807) is 12.1 Å². The van der Waals surface area contributed by atoms with Crippen molar-refractivity contribution in [1.29, 1.82) is 15.8 Å². The zero-order valence-electron chi connectivity index (χ0n) is 47.4. The van der Waals surface area contributed by atoms with Gasteiger partial charge in [0.1, 0.15) is 86.4 Å².